The van der Waals surface area contributed by atoms with E-state index < -0.39 is 0 Å². The molecular weight excluding hydrogens is 204 g/mol. The zero-order chi connectivity index (χ0) is 12.0. The second-order valence-electron chi connectivity index (χ2n) is 4.10. The van der Waals surface area contributed by atoms with E-state index in [2.05, 4.69) is 10.3 Å². The van der Waals surface area contributed by atoms with Gasteiger partial charge in [-0.25, -0.2) is 4.98 Å². The molecule has 0 unspecified atom stereocenters. The number of hydrogen-bond donors (Lipinski definition) is 1. The summed E-state index contributed by atoms with van der Waals surface area (Å²) in [5.41, 5.74) is -0.221. The van der Waals surface area contributed by atoms with Crippen molar-refractivity contribution in [3.8, 4) is 5.75 Å². The Labute approximate surface area is 97.0 Å². The van der Waals surface area contributed by atoms with Crippen LogP contribution in [-0.4, -0.2) is 30.8 Å². The summed E-state index contributed by atoms with van der Waals surface area (Å²) < 4.78 is 10.8. The minimum absolute atomic E-state index is 0.221. The van der Waals surface area contributed by atoms with Crippen molar-refractivity contribution in [1.82, 2.24) is 4.98 Å². The fourth-order valence-corrected chi connectivity index (χ4v) is 1.16. The number of ether oxygens (including phenoxy) is 2. The maximum absolute atomic E-state index is 5.47. The molecule has 1 aromatic heterocycles. The molecule has 1 heterocycles. The number of methoxy groups -OCH3 is 1. The van der Waals surface area contributed by atoms with Crippen LogP contribution in [0.5, 0.6) is 5.75 Å². The van der Waals surface area contributed by atoms with Gasteiger partial charge in [0, 0.05) is 19.9 Å². The molecule has 0 spiro atoms. The second kappa shape index (κ2) is 5.70. The average Bonchev–Trinajstić information content (AvgIpc) is 2.28. The number of anilines is 1. The normalized spacial score (nSPS) is 11.2. The van der Waals surface area contributed by atoms with Crippen LogP contribution >= 0.6 is 0 Å². The zero-order valence-electron chi connectivity index (χ0n) is 10.4. The summed E-state index contributed by atoms with van der Waals surface area (Å²) >= 11 is 0. The first-order chi connectivity index (χ1) is 7.59. The fourth-order valence-electron chi connectivity index (χ4n) is 1.16. The number of rotatable bonds is 6. The summed E-state index contributed by atoms with van der Waals surface area (Å²) in [6.07, 6.45) is 1.74. The van der Waals surface area contributed by atoms with Crippen molar-refractivity contribution in [3.05, 3.63) is 18.3 Å². The van der Waals surface area contributed by atoms with Crippen molar-refractivity contribution in [1.29, 1.82) is 0 Å². The van der Waals surface area contributed by atoms with Gasteiger partial charge in [0.1, 0.15) is 0 Å². The Morgan fingerprint density at radius 1 is 1.44 bits per heavy atom. The van der Waals surface area contributed by atoms with Gasteiger partial charge in [-0.1, -0.05) is 0 Å². The van der Waals surface area contributed by atoms with Crippen LogP contribution in [0.2, 0.25) is 0 Å². The molecule has 0 amide bonds. The summed E-state index contributed by atoms with van der Waals surface area (Å²) in [4.78, 5) is 4.24. The molecule has 0 aliphatic heterocycles. The van der Waals surface area contributed by atoms with Gasteiger partial charge < -0.3 is 14.8 Å². The summed E-state index contributed by atoms with van der Waals surface area (Å²) in [6, 6.07) is 3.76. The Hall–Kier alpha value is -1.29. The average molecular weight is 224 g/mol. The standard InChI is InChI=1S/C12H20N2O2/c1-5-16-10-7-6-8-13-11(10)14-9-12(2,3)15-4/h6-8H,5,9H2,1-4H3,(H,13,14). The zero-order valence-corrected chi connectivity index (χ0v) is 10.4. The third-order valence-electron chi connectivity index (χ3n) is 2.30. The smallest absolute Gasteiger partial charge is 0.168 e. The summed E-state index contributed by atoms with van der Waals surface area (Å²) in [7, 11) is 1.70. The molecule has 1 rings (SSSR count). The van der Waals surface area contributed by atoms with Crippen LogP contribution in [0, 0.1) is 0 Å². The van der Waals surface area contributed by atoms with Gasteiger partial charge in [0.2, 0.25) is 0 Å². The molecule has 4 heteroatoms. The Balaban J connectivity index is 2.66. The molecule has 90 valence electrons. The molecule has 0 aromatic carbocycles. The monoisotopic (exact) mass is 224 g/mol. The lowest BCUT2D eigenvalue weighted by molar-refractivity contribution is 0.0343. The van der Waals surface area contributed by atoms with Gasteiger partial charge in [-0.2, -0.15) is 0 Å². The van der Waals surface area contributed by atoms with E-state index in [0.717, 1.165) is 11.6 Å². The van der Waals surface area contributed by atoms with Crippen LogP contribution in [0.3, 0.4) is 0 Å². The highest BCUT2D eigenvalue weighted by Gasteiger charge is 2.16. The molecule has 0 aliphatic carbocycles. The van der Waals surface area contributed by atoms with Crippen molar-refractivity contribution in [3.63, 3.8) is 0 Å². The molecule has 0 bridgehead atoms. The van der Waals surface area contributed by atoms with Gasteiger partial charge in [-0.15, -0.1) is 0 Å². The van der Waals surface area contributed by atoms with E-state index in [0.29, 0.717) is 13.2 Å². The molecular formula is C12H20N2O2. The van der Waals surface area contributed by atoms with Crippen molar-refractivity contribution in [2.75, 3.05) is 25.6 Å². The van der Waals surface area contributed by atoms with E-state index in [9.17, 15) is 0 Å². The van der Waals surface area contributed by atoms with Gasteiger partial charge >= 0.3 is 0 Å². The van der Waals surface area contributed by atoms with E-state index in [1.54, 1.807) is 13.3 Å². The van der Waals surface area contributed by atoms with E-state index in [1.807, 2.05) is 32.9 Å². The molecule has 1 aromatic rings. The third kappa shape index (κ3) is 3.70. The number of nitrogens with zero attached hydrogens (tertiary/aromatic N) is 1. The summed E-state index contributed by atoms with van der Waals surface area (Å²) in [5.74, 6) is 1.53. The first-order valence-electron chi connectivity index (χ1n) is 5.46. The van der Waals surface area contributed by atoms with E-state index >= 15 is 0 Å². The quantitative estimate of drug-likeness (QED) is 0.805. The van der Waals surface area contributed by atoms with Crippen molar-refractivity contribution in [2.24, 2.45) is 0 Å². The molecule has 16 heavy (non-hydrogen) atoms. The first-order valence-corrected chi connectivity index (χ1v) is 5.46. The van der Waals surface area contributed by atoms with Crippen molar-refractivity contribution >= 4 is 5.82 Å². The maximum Gasteiger partial charge on any atom is 0.168 e. The Morgan fingerprint density at radius 2 is 2.19 bits per heavy atom. The largest absolute Gasteiger partial charge is 0.490 e. The highest BCUT2D eigenvalue weighted by molar-refractivity contribution is 5.49. The van der Waals surface area contributed by atoms with Gasteiger partial charge in [0.05, 0.1) is 12.2 Å². The van der Waals surface area contributed by atoms with Crippen molar-refractivity contribution in [2.45, 2.75) is 26.4 Å². The third-order valence-corrected chi connectivity index (χ3v) is 2.30. The first kappa shape index (κ1) is 12.8. The number of nitrogens with one attached hydrogen (secondary N) is 1. The van der Waals surface area contributed by atoms with Gasteiger partial charge in [0.25, 0.3) is 0 Å². The molecule has 4 nitrogen and oxygen atoms in total. The summed E-state index contributed by atoms with van der Waals surface area (Å²) in [6.45, 7) is 7.30. The molecule has 0 radical (unpaired) electrons. The number of pyridine rings is 1. The molecule has 0 fully saturated rings. The molecule has 0 atom stereocenters. The number of aromatic nitrogens is 1. The lowest BCUT2D eigenvalue weighted by atomic mass is 10.1. The Kier molecular flexibility index (Phi) is 4.55. The Bertz CT molecular complexity index is 327. The van der Waals surface area contributed by atoms with Crippen LogP contribution in [-0.2, 0) is 4.74 Å². The molecule has 0 aliphatic rings. The molecule has 0 saturated carbocycles. The topological polar surface area (TPSA) is 43.4 Å². The maximum atomic E-state index is 5.47. The minimum atomic E-state index is -0.221. The lowest BCUT2D eigenvalue weighted by Gasteiger charge is -2.23. The fraction of sp³-hybridized carbons (Fsp3) is 0.583. The SMILES string of the molecule is CCOc1cccnc1NCC(C)(C)OC. The van der Waals surface area contributed by atoms with E-state index in [1.165, 1.54) is 0 Å². The van der Waals surface area contributed by atoms with E-state index in [-0.39, 0.29) is 5.60 Å². The van der Waals surface area contributed by atoms with Crippen LogP contribution in [0.1, 0.15) is 20.8 Å². The van der Waals surface area contributed by atoms with Gasteiger partial charge in [-0.05, 0) is 32.9 Å². The number of hydrogen-bond acceptors (Lipinski definition) is 4. The van der Waals surface area contributed by atoms with Crippen LogP contribution in [0.25, 0.3) is 0 Å². The van der Waals surface area contributed by atoms with Crippen LogP contribution < -0.4 is 10.1 Å². The van der Waals surface area contributed by atoms with Crippen LogP contribution in [0.4, 0.5) is 5.82 Å². The highest BCUT2D eigenvalue weighted by atomic mass is 16.5. The van der Waals surface area contributed by atoms with Gasteiger partial charge in [0.15, 0.2) is 11.6 Å². The Morgan fingerprint density at radius 3 is 2.81 bits per heavy atom. The molecule has 0 saturated heterocycles. The summed E-state index contributed by atoms with van der Waals surface area (Å²) in [5, 5.41) is 3.23. The van der Waals surface area contributed by atoms with Crippen LogP contribution in [0.15, 0.2) is 18.3 Å². The predicted molar refractivity (Wildman–Crippen MR) is 65.0 cm³/mol. The minimum Gasteiger partial charge on any atom is -0.490 e. The predicted octanol–water partition coefficient (Wildman–Crippen LogP) is 2.32. The highest BCUT2D eigenvalue weighted by Crippen LogP contribution is 2.21. The molecule has 1 N–H and O–H groups in total. The lowest BCUT2D eigenvalue weighted by Crippen LogP contribution is -2.32. The van der Waals surface area contributed by atoms with Crippen molar-refractivity contribution < 1.29 is 9.47 Å². The van der Waals surface area contributed by atoms with E-state index in [4.69, 9.17) is 9.47 Å². The second-order valence-corrected chi connectivity index (χ2v) is 4.10. The van der Waals surface area contributed by atoms with Gasteiger partial charge in [-0.3, -0.25) is 0 Å².